The second kappa shape index (κ2) is 7.79. The first-order valence-electron chi connectivity index (χ1n) is 8.70. The topological polar surface area (TPSA) is 81.5 Å². The fourth-order valence-electron chi connectivity index (χ4n) is 2.82. The average molecular weight is 375 g/mol. The van der Waals surface area contributed by atoms with Crippen molar-refractivity contribution in [1.82, 2.24) is 14.7 Å². The Morgan fingerprint density at radius 1 is 0.857 bits per heavy atom. The Kier molecular flexibility index (Phi) is 4.88. The smallest absolute Gasteiger partial charge is 0.275 e. The van der Waals surface area contributed by atoms with Crippen LogP contribution in [0.5, 0.6) is 0 Å². The highest BCUT2D eigenvalue weighted by atomic mass is 16.3. The van der Waals surface area contributed by atoms with E-state index in [1.807, 2.05) is 6.07 Å². The molecule has 0 atom stereocenters. The van der Waals surface area contributed by atoms with E-state index in [0.717, 1.165) is 0 Å². The molecule has 0 aliphatic heterocycles. The lowest BCUT2D eigenvalue weighted by Crippen LogP contribution is -2.32. The van der Waals surface area contributed by atoms with Gasteiger partial charge in [0, 0.05) is 6.07 Å². The van der Waals surface area contributed by atoms with Gasteiger partial charge in [0.2, 0.25) is 0 Å². The number of carbonyl (C=O) groups is 1. The zero-order chi connectivity index (χ0) is 19.3. The number of aromatic nitrogens is 2. The number of nitrogens with zero attached hydrogens (tertiary/aromatic N) is 3. The lowest BCUT2D eigenvalue weighted by molar-refractivity contribution is 0.0696. The zero-order valence-corrected chi connectivity index (χ0v) is 14.9. The summed E-state index contributed by atoms with van der Waals surface area (Å²) in [6, 6.07) is 18.8. The molecule has 7 heteroatoms. The molecule has 0 bridgehead atoms. The predicted octanol–water partition coefficient (Wildman–Crippen LogP) is 3.26. The van der Waals surface area contributed by atoms with Crippen molar-refractivity contribution in [3.63, 3.8) is 0 Å². The van der Waals surface area contributed by atoms with Gasteiger partial charge in [-0.05, 0) is 42.5 Å². The number of hydrogen-bond donors (Lipinski definition) is 0. The summed E-state index contributed by atoms with van der Waals surface area (Å²) < 4.78 is 12.0. The number of hydrogen-bond acceptors (Lipinski definition) is 5. The molecule has 0 radical (unpaired) electrons. The van der Waals surface area contributed by atoms with Gasteiger partial charge in [0.05, 0.1) is 31.3 Å². The summed E-state index contributed by atoms with van der Waals surface area (Å²) in [6.45, 7) is 0.497. The van der Waals surface area contributed by atoms with Gasteiger partial charge < -0.3 is 13.7 Å². The molecule has 0 fully saturated rings. The number of carbonyl (C=O) groups excluding carboxylic acids is 1. The van der Waals surface area contributed by atoms with E-state index in [4.69, 9.17) is 8.83 Å². The first-order chi connectivity index (χ1) is 13.7. The Morgan fingerprint density at radius 3 is 2.07 bits per heavy atom. The van der Waals surface area contributed by atoms with Crippen molar-refractivity contribution in [3.8, 4) is 5.69 Å². The van der Waals surface area contributed by atoms with Crippen molar-refractivity contribution in [2.75, 3.05) is 0 Å². The van der Waals surface area contributed by atoms with Crippen molar-refractivity contribution in [1.29, 1.82) is 0 Å². The summed E-state index contributed by atoms with van der Waals surface area (Å²) in [5, 5.41) is 4.27. The molecule has 3 aromatic heterocycles. The predicted molar refractivity (Wildman–Crippen MR) is 101 cm³/mol. The van der Waals surface area contributed by atoms with Gasteiger partial charge in [-0.3, -0.25) is 9.59 Å². The Labute approximate surface area is 160 Å². The molecule has 140 valence electrons. The second-order valence-electron chi connectivity index (χ2n) is 6.12. The molecule has 3 heterocycles. The van der Waals surface area contributed by atoms with Crippen molar-refractivity contribution >= 4 is 5.91 Å². The lowest BCUT2D eigenvalue weighted by atomic mass is 10.2. The van der Waals surface area contributed by atoms with Crippen LogP contribution in [0.4, 0.5) is 0 Å². The number of para-hydroxylation sites is 1. The van der Waals surface area contributed by atoms with E-state index < -0.39 is 0 Å². The number of rotatable bonds is 6. The van der Waals surface area contributed by atoms with E-state index in [2.05, 4.69) is 5.10 Å². The van der Waals surface area contributed by atoms with Crippen molar-refractivity contribution in [2.45, 2.75) is 13.1 Å². The summed E-state index contributed by atoms with van der Waals surface area (Å²) in [5.41, 5.74) is 0.429. The van der Waals surface area contributed by atoms with Crippen molar-refractivity contribution in [2.24, 2.45) is 0 Å². The van der Waals surface area contributed by atoms with Crippen LogP contribution in [0, 0.1) is 0 Å². The van der Waals surface area contributed by atoms with Crippen LogP contribution in [0.1, 0.15) is 22.0 Å². The van der Waals surface area contributed by atoms with Gasteiger partial charge in [0.15, 0.2) is 0 Å². The molecule has 0 spiro atoms. The molecule has 4 rings (SSSR count). The van der Waals surface area contributed by atoms with Crippen LogP contribution in [0.15, 0.2) is 92.9 Å². The Bertz CT molecular complexity index is 1060. The number of benzene rings is 1. The average Bonchev–Trinajstić information content (AvgIpc) is 3.42. The zero-order valence-electron chi connectivity index (χ0n) is 14.9. The third kappa shape index (κ3) is 3.78. The van der Waals surface area contributed by atoms with Crippen LogP contribution in [0.3, 0.4) is 0 Å². The quantitative estimate of drug-likeness (QED) is 0.517. The Hall–Kier alpha value is -3.87. The van der Waals surface area contributed by atoms with E-state index in [-0.39, 0.29) is 30.2 Å². The maximum Gasteiger partial charge on any atom is 0.275 e. The minimum absolute atomic E-state index is 0.154. The fraction of sp³-hybridized carbons (Fsp3) is 0.0952. The largest absolute Gasteiger partial charge is 0.467 e. The molecule has 0 aliphatic rings. The van der Waals surface area contributed by atoms with Gasteiger partial charge >= 0.3 is 0 Å². The highest BCUT2D eigenvalue weighted by Crippen LogP contribution is 2.14. The van der Waals surface area contributed by atoms with Crippen LogP contribution >= 0.6 is 0 Å². The summed E-state index contributed by atoms with van der Waals surface area (Å²) in [4.78, 5) is 26.9. The highest BCUT2D eigenvalue weighted by molar-refractivity contribution is 5.92. The van der Waals surface area contributed by atoms with Crippen LogP contribution in [0.25, 0.3) is 5.69 Å². The summed E-state index contributed by atoms with van der Waals surface area (Å²) in [7, 11) is 0. The first kappa shape index (κ1) is 17.5. The van der Waals surface area contributed by atoms with Gasteiger partial charge in [-0.2, -0.15) is 9.78 Å². The number of amides is 1. The van der Waals surface area contributed by atoms with Crippen LogP contribution in [0.2, 0.25) is 0 Å². The first-order valence-corrected chi connectivity index (χ1v) is 8.70. The molecule has 0 saturated heterocycles. The standard InChI is InChI=1S/C21H17N3O4/c25-20-11-10-19(22-24(20)16-6-2-1-3-7-16)21(26)23(14-17-8-4-12-27-17)15-18-9-5-13-28-18/h1-13H,14-15H2. The van der Waals surface area contributed by atoms with E-state index in [1.54, 1.807) is 66.0 Å². The van der Waals surface area contributed by atoms with Gasteiger partial charge in [-0.1, -0.05) is 18.2 Å². The van der Waals surface area contributed by atoms with E-state index in [9.17, 15) is 9.59 Å². The highest BCUT2D eigenvalue weighted by Gasteiger charge is 2.21. The van der Waals surface area contributed by atoms with Crippen molar-refractivity contribution in [3.05, 3.63) is 107 Å². The van der Waals surface area contributed by atoms with E-state index in [1.165, 1.54) is 16.8 Å². The SMILES string of the molecule is O=C(c1ccc(=O)n(-c2ccccc2)n1)N(Cc1ccco1)Cc1ccco1. The number of furan rings is 2. The maximum absolute atomic E-state index is 13.2. The molecule has 28 heavy (non-hydrogen) atoms. The van der Waals surface area contributed by atoms with Gasteiger partial charge in [0.1, 0.15) is 17.2 Å². The fourth-order valence-corrected chi connectivity index (χ4v) is 2.82. The molecule has 1 aromatic carbocycles. The minimum atomic E-state index is -0.336. The second-order valence-corrected chi connectivity index (χ2v) is 6.12. The van der Waals surface area contributed by atoms with Crippen LogP contribution in [-0.2, 0) is 13.1 Å². The Balaban J connectivity index is 1.67. The molecule has 0 N–H and O–H groups in total. The minimum Gasteiger partial charge on any atom is -0.467 e. The molecular formula is C21H17N3O4. The third-order valence-electron chi connectivity index (χ3n) is 4.16. The maximum atomic E-state index is 13.2. The van der Waals surface area contributed by atoms with E-state index >= 15 is 0 Å². The molecule has 0 saturated carbocycles. The molecule has 0 unspecified atom stereocenters. The van der Waals surface area contributed by atoms with Crippen LogP contribution < -0.4 is 5.56 Å². The molecule has 4 aromatic rings. The molecule has 7 nitrogen and oxygen atoms in total. The normalized spacial score (nSPS) is 10.7. The Morgan fingerprint density at radius 2 is 1.50 bits per heavy atom. The summed E-state index contributed by atoms with van der Waals surface area (Å²) >= 11 is 0. The lowest BCUT2D eigenvalue weighted by Gasteiger charge is -2.20. The van der Waals surface area contributed by atoms with Gasteiger partial charge in [0.25, 0.3) is 11.5 Å². The van der Waals surface area contributed by atoms with Gasteiger partial charge in [-0.25, -0.2) is 0 Å². The van der Waals surface area contributed by atoms with Crippen molar-refractivity contribution < 1.29 is 13.6 Å². The third-order valence-corrected chi connectivity index (χ3v) is 4.16. The molecule has 1 amide bonds. The monoisotopic (exact) mass is 375 g/mol. The van der Waals surface area contributed by atoms with Crippen LogP contribution in [-0.4, -0.2) is 20.6 Å². The molecular weight excluding hydrogens is 358 g/mol. The molecule has 0 aliphatic carbocycles. The van der Waals surface area contributed by atoms with Gasteiger partial charge in [-0.15, -0.1) is 0 Å². The summed E-state index contributed by atoms with van der Waals surface area (Å²) in [6.07, 6.45) is 3.11. The summed E-state index contributed by atoms with van der Waals surface area (Å²) in [5.74, 6) is 0.935. The van der Waals surface area contributed by atoms with E-state index in [0.29, 0.717) is 17.2 Å².